The first-order valence-corrected chi connectivity index (χ1v) is 4.18. The first-order valence-electron chi connectivity index (χ1n) is 2.65. The lowest BCUT2D eigenvalue weighted by molar-refractivity contribution is 0.118. The molecule has 0 saturated heterocycles. The van der Waals surface area contributed by atoms with E-state index in [9.17, 15) is 4.57 Å². The second kappa shape index (κ2) is 2.39. The number of hydrogen-bond acceptors (Lipinski definition) is 2. The van der Waals surface area contributed by atoms with Crippen molar-refractivity contribution in [3.05, 3.63) is 6.42 Å². The topological polar surface area (TPSA) is 66.8 Å². The van der Waals surface area contributed by atoms with Gasteiger partial charge in [-0.25, -0.2) is 4.57 Å². The Hall–Kier alpha value is 0.110. The van der Waals surface area contributed by atoms with Gasteiger partial charge in [0.2, 0.25) is 0 Å². The number of rotatable bonds is 2. The molecule has 1 rings (SSSR count). The molecule has 1 atom stereocenters. The van der Waals surface area contributed by atoms with Gasteiger partial charge in [0.15, 0.2) is 0 Å². The maximum absolute atomic E-state index is 10.1. The lowest BCUT2D eigenvalue weighted by atomic mass is 9.97. The zero-order valence-electron chi connectivity index (χ0n) is 4.73. The summed E-state index contributed by atoms with van der Waals surface area (Å²) in [5.41, 5.74) is 0. The van der Waals surface area contributed by atoms with Crippen molar-refractivity contribution in [2.24, 2.45) is 0 Å². The van der Waals surface area contributed by atoms with Gasteiger partial charge in [0.05, 0.1) is 6.10 Å². The molecule has 0 amide bonds. The van der Waals surface area contributed by atoms with Gasteiger partial charge < -0.3 is 9.79 Å². The standard InChI is InChI=1S/C4H8O4P/c5-9(6,7)8-4-2-1-3-4/h2,4H,1,3H2,(H2,5,6,7). The summed E-state index contributed by atoms with van der Waals surface area (Å²) in [7, 11) is -4.22. The fraction of sp³-hybridized carbons (Fsp3) is 0.750. The van der Waals surface area contributed by atoms with E-state index in [1.807, 2.05) is 0 Å². The summed E-state index contributed by atoms with van der Waals surface area (Å²) in [4.78, 5) is 16.4. The van der Waals surface area contributed by atoms with Crippen molar-refractivity contribution in [1.82, 2.24) is 0 Å². The Morgan fingerprint density at radius 3 is 2.33 bits per heavy atom. The van der Waals surface area contributed by atoms with Crippen LogP contribution in [0, 0.1) is 6.42 Å². The average Bonchev–Trinajstić information content (AvgIpc) is 1.53. The number of phosphoric acid groups is 1. The van der Waals surface area contributed by atoms with Gasteiger partial charge in [-0.3, -0.25) is 4.52 Å². The SMILES string of the molecule is O=P(O)(O)OC1[CH]CC1. The van der Waals surface area contributed by atoms with Gasteiger partial charge in [-0.1, -0.05) is 0 Å². The largest absolute Gasteiger partial charge is 0.469 e. The van der Waals surface area contributed by atoms with Crippen molar-refractivity contribution in [2.75, 3.05) is 0 Å². The Morgan fingerprint density at radius 2 is 2.22 bits per heavy atom. The highest BCUT2D eigenvalue weighted by Crippen LogP contribution is 2.41. The van der Waals surface area contributed by atoms with Crippen molar-refractivity contribution in [3.8, 4) is 0 Å². The van der Waals surface area contributed by atoms with E-state index >= 15 is 0 Å². The van der Waals surface area contributed by atoms with Gasteiger partial charge in [-0.15, -0.1) is 0 Å². The van der Waals surface area contributed by atoms with E-state index in [-0.39, 0.29) is 6.10 Å². The van der Waals surface area contributed by atoms with E-state index in [4.69, 9.17) is 9.79 Å². The molecule has 0 heterocycles. The van der Waals surface area contributed by atoms with Crippen LogP contribution in [-0.2, 0) is 9.09 Å². The van der Waals surface area contributed by atoms with E-state index in [0.717, 1.165) is 12.8 Å². The third-order valence-electron chi connectivity index (χ3n) is 1.15. The average molecular weight is 151 g/mol. The molecule has 1 aliphatic carbocycles. The first-order chi connectivity index (χ1) is 4.08. The third kappa shape index (κ3) is 2.45. The molecule has 53 valence electrons. The minimum absolute atomic E-state index is 0.314. The van der Waals surface area contributed by atoms with Gasteiger partial charge in [0, 0.05) is 0 Å². The van der Waals surface area contributed by atoms with Crippen LogP contribution in [0.25, 0.3) is 0 Å². The Bertz CT molecular complexity index is 136. The normalized spacial score (nSPS) is 21.6. The monoisotopic (exact) mass is 151 g/mol. The molecule has 5 heteroatoms. The fourth-order valence-electron chi connectivity index (χ4n) is 0.575. The van der Waals surface area contributed by atoms with Gasteiger partial charge in [-0.05, 0) is 19.3 Å². The summed E-state index contributed by atoms with van der Waals surface area (Å²) in [6, 6.07) is 0. The second-order valence-corrected chi connectivity index (χ2v) is 3.14. The number of phosphoric ester groups is 1. The van der Waals surface area contributed by atoms with E-state index < -0.39 is 7.82 Å². The Morgan fingerprint density at radius 1 is 1.67 bits per heavy atom. The zero-order valence-corrected chi connectivity index (χ0v) is 5.62. The van der Waals surface area contributed by atoms with E-state index in [1.165, 1.54) is 0 Å². The molecule has 0 bridgehead atoms. The molecule has 1 radical (unpaired) electrons. The summed E-state index contributed by atoms with van der Waals surface area (Å²) in [5.74, 6) is 0. The molecule has 0 aromatic heterocycles. The summed E-state index contributed by atoms with van der Waals surface area (Å²) in [5, 5.41) is 0. The molecule has 4 nitrogen and oxygen atoms in total. The summed E-state index contributed by atoms with van der Waals surface area (Å²) < 4.78 is 14.4. The lowest BCUT2D eigenvalue weighted by Gasteiger charge is -2.24. The highest BCUT2D eigenvalue weighted by atomic mass is 31.2. The maximum atomic E-state index is 10.1. The van der Waals surface area contributed by atoms with Crippen LogP contribution in [-0.4, -0.2) is 15.9 Å². The fourth-order valence-corrected chi connectivity index (χ4v) is 1.12. The van der Waals surface area contributed by atoms with Crippen molar-refractivity contribution in [3.63, 3.8) is 0 Å². The molecule has 1 unspecified atom stereocenters. The van der Waals surface area contributed by atoms with Crippen molar-refractivity contribution >= 4 is 7.82 Å². The minimum Gasteiger partial charge on any atom is -0.303 e. The molecule has 0 spiro atoms. The van der Waals surface area contributed by atoms with Crippen molar-refractivity contribution in [2.45, 2.75) is 18.9 Å². The van der Waals surface area contributed by atoms with Crippen LogP contribution < -0.4 is 0 Å². The number of hydrogen-bond donors (Lipinski definition) is 2. The summed E-state index contributed by atoms with van der Waals surface area (Å²) in [6.45, 7) is 0. The Balaban J connectivity index is 2.24. The second-order valence-electron chi connectivity index (χ2n) is 1.95. The van der Waals surface area contributed by atoms with E-state index in [0.29, 0.717) is 0 Å². The highest BCUT2D eigenvalue weighted by molar-refractivity contribution is 7.46. The third-order valence-corrected chi connectivity index (χ3v) is 1.70. The van der Waals surface area contributed by atoms with Crippen LogP contribution in [0.3, 0.4) is 0 Å². The van der Waals surface area contributed by atoms with Gasteiger partial charge in [0.25, 0.3) is 0 Å². The molecule has 0 aromatic rings. The van der Waals surface area contributed by atoms with E-state index in [2.05, 4.69) is 4.52 Å². The minimum atomic E-state index is -4.22. The van der Waals surface area contributed by atoms with Gasteiger partial charge >= 0.3 is 7.82 Å². The van der Waals surface area contributed by atoms with Crippen LogP contribution in [0.15, 0.2) is 0 Å². The van der Waals surface area contributed by atoms with E-state index in [1.54, 1.807) is 6.42 Å². The van der Waals surface area contributed by atoms with Gasteiger partial charge in [-0.2, -0.15) is 0 Å². The van der Waals surface area contributed by atoms with Crippen LogP contribution >= 0.6 is 7.82 Å². The van der Waals surface area contributed by atoms with Crippen LogP contribution in [0.1, 0.15) is 12.8 Å². The molecule has 2 N–H and O–H groups in total. The van der Waals surface area contributed by atoms with Crippen LogP contribution in [0.4, 0.5) is 0 Å². The first kappa shape index (κ1) is 7.22. The summed E-state index contributed by atoms with van der Waals surface area (Å²) >= 11 is 0. The van der Waals surface area contributed by atoms with Crippen LogP contribution in [0.2, 0.25) is 0 Å². The lowest BCUT2D eigenvalue weighted by Crippen LogP contribution is -2.20. The van der Waals surface area contributed by atoms with Crippen LogP contribution in [0.5, 0.6) is 0 Å². The Labute approximate surface area is 53.1 Å². The molecule has 9 heavy (non-hydrogen) atoms. The quantitative estimate of drug-likeness (QED) is 0.562. The summed E-state index contributed by atoms with van der Waals surface area (Å²) in [6.07, 6.45) is 3.04. The molecule has 1 fully saturated rings. The molecular formula is C4H8O4P. The van der Waals surface area contributed by atoms with Crippen molar-refractivity contribution < 1.29 is 18.9 Å². The molecule has 1 saturated carbocycles. The van der Waals surface area contributed by atoms with Crippen molar-refractivity contribution in [1.29, 1.82) is 0 Å². The molecule has 0 aliphatic heterocycles. The molecule has 1 aliphatic rings. The zero-order chi connectivity index (χ0) is 6.91. The molecular weight excluding hydrogens is 143 g/mol. The van der Waals surface area contributed by atoms with Gasteiger partial charge in [0.1, 0.15) is 0 Å². The highest BCUT2D eigenvalue weighted by Gasteiger charge is 2.26. The smallest absolute Gasteiger partial charge is 0.303 e. The maximum Gasteiger partial charge on any atom is 0.469 e. The predicted octanol–water partition coefficient (Wildman–Crippen LogP) is 0.462. The predicted molar refractivity (Wildman–Crippen MR) is 30.5 cm³/mol. The Kier molecular flexibility index (Phi) is 1.91. The molecule has 0 aromatic carbocycles.